The molecule has 1 aliphatic carbocycles. The van der Waals surface area contributed by atoms with Gasteiger partial charge in [-0.1, -0.05) is 48.3 Å². The molecule has 16 heavy (non-hydrogen) atoms. The number of nitrogens with one attached hydrogen (secondary N) is 1. The zero-order valence-electron chi connectivity index (χ0n) is 10.5. The van der Waals surface area contributed by atoms with Gasteiger partial charge in [0.15, 0.2) is 0 Å². The summed E-state index contributed by atoms with van der Waals surface area (Å²) >= 11 is 3.72. The molecule has 3 nitrogen and oxygen atoms in total. The summed E-state index contributed by atoms with van der Waals surface area (Å²) < 4.78 is 0. The van der Waals surface area contributed by atoms with E-state index >= 15 is 0 Å². The highest BCUT2D eigenvalue weighted by Gasteiger charge is 2.22. The first-order chi connectivity index (χ1) is 7.67. The monoisotopic (exact) mass is 290 g/mol. The minimum atomic E-state index is 0.0920. The molecule has 0 radical (unpaired) electrons. The first kappa shape index (κ1) is 14.4. The van der Waals surface area contributed by atoms with E-state index < -0.39 is 0 Å². The molecule has 0 saturated heterocycles. The number of nitrogens with zero attached hydrogens (tertiary/aromatic N) is 1. The Morgan fingerprint density at radius 1 is 1.50 bits per heavy atom. The van der Waals surface area contributed by atoms with E-state index in [9.17, 15) is 0 Å². The van der Waals surface area contributed by atoms with E-state index in [0.29, 0.717) is 10.7 Å². The lowest BCUT2D eigenvalue weighted by molar-refractivity contribution is 0.279. The second-order valence-corrected chi connectivity index (χ2v) is 6.08. The van der Waals surface area contributed by atoms with Crippen molar-refractivity contribution >= 4 is 15.9 Å². The molecular weight excluding hydrogens is 266 g/mol. The molecule has 0 aromatic heterocycles. The summed E-state index contributed by atoms with van der Waals surface area (Å²) in [5, 5.41) is 7.90. The molecule has 0 spiro atoms. The first-order valence-electron chi connectivity index (χ1n) is 6.42. The molecule has 0 bridgehead atoms. The van der Waals surface area contributed by atoms with Gasteiger partial charge >= 0.3 is 0 Å². The molecule has 4 unspecified atom stereocenters. The number of alkyl halides is 1. The number of hydrogen-bond donors (Lipinski definition) is 2. The maximum absolute atomic E-state index is 6.02. The summed E-state index contributed by atoms with van der Waals surface area (Å²) in [6.07, 6.45) is 7.57. The molecule has 3 N–H and O–H groups in total. The van der Waals surface area contributed by atoms with Crippen LogP contribution in [0.2, 0.25) is 0 Å². The van der Waals surface area contributed by atoms with Gasteiger partial charge in [0.2, 0.25) is 0 Å². The summed E-state index contributed by atoms with van der Waals surface area (Å²) in [4.78, 5) is 0.666. The zero-order chi connectivity index (χ0) is 12.0. The van der Waals surface area contributed by atoms with E-state index in [1.165, 1.54) is 25.7 Å². The molecule has 0 amide bonds. The lowest BCUT2D eigenvalue weighted by Gasteiger charge is -2.42. The normalized spacial score (nSPS) is 30.0. The molecular formula is C12H25BrN3-. The van der Waals surface area contributed by atoms with Crippen LogP contribution < -0.4 is 11.1 Å². The standard InChI is InChI=1S/C12H25BrN3/c1-3-5-11(14)16-12(15-2)9-6-4-7-10(13)8-9/h9-12,16H,3-8,14H2,1-2H3/q-1. The topological polar surface area (TPSA) is 52.1 Å². The molecule has 0 aromatic carbocycles. The highest BCUT2D eigenvalue weighted by Crippen LogP contribution is 2.32. The Kier molecular flexibility index (Phi) is 6.89. The van der Waals surface area contributed by atoms with Crippen LogP contribution in [0, 0.1) is 5.92 Å². The van der Waals surface area contributed by atoms with Crippen LogP contribution in [0.25, 0.3) is 5.32 Å². The van der Waals surface area contributed by atoms with E-state index in [-0.39, 0.29) is 12.3 Å². The van der Waals surface area contributed by atoms with Crippen molar-refractivity contribution in [2.45, 2.75) is 62.6 Å². The van der Waals surface area contributed by atoms with Crippen LogP contribution in [0.3, 0.4) is 0 Å². The predicted molar refractivity (Wildman–Crippen MR) is 73.8 cm³/mol. The van der Waals surface area contributed by atoms with Gasteiger partial charge in [-0.15, -0.1) is 0 Å². The van der Waals surface area contributed by atoms with E-state index in [1.807, 2.05) is 7.05 Å². The minimum absolute atomic E-state index is 0.0920. The molecule has 0 aliphatic heterocycles. The Morgan fingerprint density at radius 2 is 2.25 bits per heavy atom. The number of nitrogens with two attached hydrogens (primary N) is 1. The van der Waals surface area contributed by atoms with Gasteiger partial charge in [-0.2, -0.15) is 7.05 Å². The van der Waals surface area contributed by atoms with Gasteiger partial charge in [0.25, 0.3) is 0 Å². The third-order valence-corrected chi connectivity index (χ3v) is 4.19. The van der Waals surface area contributed by atoms with Crippen LogP contribution in [0.1, 0.15) is 45.4 Å². The fourth-order valence-electron chi connectivity index (χ4n) is 2.49. The van der Waals surface area contributed by atoms with Crippen LogP contribution in [-0.4, -0.2) is 24.2 Å². The van der Waals surface area contributed by atoms with Crippen molar-refractivity contribution in [2.24, 2.45) is 11.7 Å². The fraction of sp³-hybridized carbons (Fsp3) is 1.00. The second-order valence-electron chi connectivity index (χ2n) is 4.79. The van der Waals surface area contributed by atoms with Crippen LogP contribution in [0.15, 0.2) is 0 Å². The van der Waals surface area contributed by atoms with Crippen LogP contribution in [0.4, 0.5) is 0 Å². The van der Waals surface area contributed by atoms with E-state index in [2.05, 4.69) is 33.5 Å². The summed E-state index contributed by atoms with van der Waals surface area (Å²) in [6, 6.07) is 0. The van der Waals surface area contributed by atoms with Crippen molar-refractivity contribution in [3.05, 3.63) is 5.32 Å². The minimum Gasteiger partial charge on any atom is -0.650 e. The molecule has 1 aliphatic rings. The predicted octanol–water partition coefficient (Wildman–Crippen LogP) is 2.94. The van der Waals surface area contributed by atoms with E-state index in [1.54, 1.807) is 0 Å². The van der Waals surface area contributed by atoms with Crippen molar-refractivity contribution in [1.82, 2.24) is 5.32 Å². The fourth-order valence-corrected chi connectivity index (χ4v) is 3.29. The Morgan fingerprint density at radius 3 is 2.81 bits per heavy atom. The second kappa shape index (κ2) is 7.64. The van der Waals surface area contributed by atoms with Gasteiger partial charge in [0.1, 0.15) is 0 Å². The van der Waals surface area contributed by atoms with Gasteiger partial charge in [0.05, 0.1) is 6.17 Å². The number of halogens is 1. The number of rotatable bonds is 6. The summed E-state index contributed by atoms with van der Waals surface area (Å²) in [5.74, 6) is 0.644. The highest BCUT2D eigenvalue weighted by molar-refractivity contribution is 9.09. The Bertz CT molecular complexity index is 189. The van der Waals surface area contributed by atoms with E-state index in [4.69, 9.17) is 5.73 Å². The Balaban J connectivity index is 2.39. The smallest absolute Gasteiger partial charge is 0.0533 e. The van der Waals surface area contributed by atoms with Crippen LogP contribution in [-0.2, 0) is 0 Å². The van der Waals surface area contributed by atoms with E-state index in [0.717, 1.165) is 12.8 Å². The maximum Gasteiger partial charge on any atom is 0.0533 e. The van der Waals surface area contributed by atoms with Crippen molar-refractivity contribution in [1.29, 1.82) is 0 Å². The van der Waals surface area contributed by atoms with Crippen molar-refractivity contribution in [3.8, 4) is 0 Å². The SMILES string of the molecule is CCCC(N)NC([N-]C)C1CCCC(Br)C1. The molecule has 0 aromatic rings. The molecule has 4 atom stereocenters. The molecule has 0 heterocycles. The molecule has 1 saturated carbocycles. The molecule has 96 valence electrons. The molecule has 1 rings (SSSR count). The number of hydrogen-bond acceptors (Lipinski definition) is 2. The first-order valence-corrected chi connectivity index (χ1v) is 7.33. The van der Waals surface area contributed by atoms with Gasteiger partial charge in [-0.25, -0.2) is 0 Å². The third kappa shape index (κ3) is 4.70. The summed E-state index contributed by atoms with van der Waals surface area (Å²) in [7, 11) is 1.90. The highest BCUT2D eigenvalue weighted by atomic mass is 79.9. The van der Waals surface area contributed by atoms with Gasteiger partial charge in [0, 0.05) is 4.83 Å². The van der Waals surface area contributed by atoms with Gasteiger partial charge < -0.3 is 16.4 Å². The molecule has 1 fully saturated rings. The molecule has 4 heteroatoms. The lowest BCUT2D eigenvalue weighted by atomic mass is 9.86. The lowest BCUT2D eigenvalue weighted by Crippen LogP contribution is -2.47. The summed E-state index contributed by atoms with van der Waals surface area (Å²) in [5.41, 5.74) is 6.02. The Hall–Kier alpha value is 0.360. The Labute approximate surface area is 108 Å². The van der Waals surface area contributed by atoms with Gasteiger partial charge in [-0.3, -0.25) is 0 Å². The van der Waals surface area contributed by atoms with Crippen molar-refractivity contribution in [3.63, 3.8) is 0 Å². The summed E-state index contributed by atoms with van der Waals surface area (Å²) in [6.45, 7) is 2.16. The average Bonchev–Trinajstić information content (AvgIpc) is 2.26. The average molecular weight is 291 g/mol. The third-order valence-electron chi connectivity index (χ3n) is 3.36. The quantitative estimate of drug-likeness (QED) is 0.584. The van der Waals surface area contributed by atoms with Crippen molar-refractivity contribution < 1.29 is 0 Å². The van der Waals surface area contributed by atoms with Crippen molar-refractivity contribution in [2.75, 3.05) is 7.05 Å². The van der Waals surface area contributed by atoms with Crippen LogP contribution in [0.5, 0.6) is 0 Å². The zero-order valence-corrected chi connectivity index (χ0v) is 12.0. The maximum atomic E-state index is 6.02. The largest absolute Gasteiger partial charge is 0.650 e. The van der Waals surface area contributed by atoms with Crippen LogP contribution >= 0.6 is 15.9 Å². The van der Waals surface area contributed by atoms with Gasteiger partial charge in [-0.05, 0) is 25.2 Å².